The number of likely N-dealkylation sites (tertiary alicyclic amines) is 1. The van der Waals surface area contributed by atoms with E-state index in [1.165, 1.54) is 7.11 Å². The number of urea groups is 1. The number of imide groups is 1. The molecule has 0 unspecified atom stereocenters. The highest BCUT2D eigenvalue weighted by atomic mass is 16.5. The number of hydrogen-bond donors (Lipinski definition) is 2. The van der Waals surface area contributed by atoms with Crippen molar-refractivity contribution in [3.05, 3.63) is 0 Å². The second-order valence-corrected chi connectivity index (χ2v) is 6.08. The van der Waals surface area contributed by atoms with Crippen molar-refractivity contribution in [2.75, 3.05) is 26.7 Å². The predicted octanol–water partition coefficient (Wildman–Crippen LogP) is 0.640. The molecule has 2 N–H and O–H groups in total. The van der Waals surface area contributed by atoms with Crippen molar-refractivity contribution in [3.63, 3.8) is 0 Å². The number of methoxy groups -OCH3 is 1. The van der Waals surface area contributed by atoms with Crippen molar-refractivity contribution in [2.45, 2.75) is 44.6 Å². The first-order valence-corrected chi connectivity index (χ1v) is 7.99. The number of esters is 1. The first-order chi connectivity index (χ1) is 10.6. The molecule has 22 heavy (non-hydrogen) atoms. The summed E-state index contributed by atoms with van der Waals surface area (Å²) in [6.45, 7) is 1.51. The fourth-order valence-corrected chi connectivity index (χ4v) is 3.15. The van der Waals surface area contributed by atoms with Gasteiger partial charge in [0.25, 0.3) is 0 Å². The fourth-order valence-electron chi connectivity index (χ4n) is 3.15. The van der Waals surface area contributed by atoms with Gasteiger partial charge in [0.05, 0.1) is 19.6 Å². The van der Waals surface area contributed by atoms with Gasteiger partial charge in [0.2, 0.25) is 5.91 Å². The second-order valence-electron chi connectivity index (χ2n) is 6.08. The molecule has 2 fully saturated rings. The molecule has 0 aromatic heterocycles. The summed E-state index contributed by atoms with van der Waals surface area (Å²) >= 11 is 0. The molecular weight excluding hydrogens is 286 g/mol. The minimum Gasteiger partial charge on any atom is -0.469 e. The van der Waals surface area contributed by atoms with Crippen molar-refractivity contribution >= 4 is 17.9 Å². The Morgan fingerprint density at radius 2 is 1.73 bits per heavy atom. The first kappa shape index (κ1) is 16.7. The Balaban J connectivity index is 1.65. The van der Waals surface area contributed by atoms with E-state index in [1.54, 1.807) is 0 Å². The van der Waals surface area contributed by atoms with E-state index in [1.807, 2.05) is 4.90 Å². The summed E-state index contributed by atoms with van der Waals surface area (Å²) in [7, 11) is 1.39. The van der Waals surface area contributed by atoms with Gasteiger partial charge in [0.15, 0.2) is 0 Å². The third-order valence-electron chi connectivity index (χ3n) is 4.43. The lowest BCUT2D eigenvalue weighted by Crippen LogP contribution is -2.48. The SMILES string of the molecule is COC(=O)C1CCN(CC(=O)NC(=O)NC2CCCC2)CC1. The molecule has 7 heteroatoms. The number of amides is 3. The van der Waals surface area contributed by atoms with E-state index in [0.717, 1.165) is 25.7 Å². The molecule has 1 saturated heterocycles. The van der Waals surface area contributed by atoms with E-state index in [2.05, 4.69) is 10.6 Å². The number of carbonyl (C=O) groups excluding carboxylic acids is 3. The second kappa shape index (κ2) is 8.12. The van der Waals surface area contributed by atoms with Crippen LogP contribution >= 0.6 is 0 Å². The van der Waals surface area contributed by atoms with Gasteiger partial charge in [-0.3, -0.25) is 19.8 Å². The third kappa shape index (κ3) is 4.98. The van der Waals surface area contributed by atoms with Crippen LogP contribution in [0.2, 0.25) is 0 Å². The number of nitrogens with one attached hydrogen (secondary N) is 2. The molecule has 3 amide bonds. The molecule has 0 aromatic carbocycles. The number of rotatable bonds is 4. The Morgan fingerprint density at radius 1 is 1.09 bits per heavy atom. The van der Waals surface area contributed by atoms with Crippen molar-refractivity contribution in [1.82, 2.24) is 15.5 Å². The van der Waals surface area contributed by atoms with Gasteiger partial charge in [-0.25, -0.2) is 4.79 Å². The Hall–Kier alpha value is -1.63. The third-order valence-corrected chi connectivity index (χ3v) is 4.43. The summed E-state index contributed by atoms with van der Waals surface area (Å²) in [4.78, 5) is 37.0. The zero-order chi connectivity index (χ0) is 15.9. The van der Waals surface area contributed by atoms with E-state index in [9.17, 15) is 14.4 Å². The normalized spacial score (nSPS) is 20.6. The minimum atomic E-state index is -0.402. The van der Waals surface area contributed by atoms with Crippen LogP contribution in [0.3, 0.4) is 0 Å². The van der Waals surface area contributed by atoms with Crippen LogP contribution in [0.5, 0.6) is 0 Å². The lowest BCUT2D eigenvalue weighted by Gasteiger charge is -2.29. The van der Waals surface area contributed by atoms with Crippen molar-refractivity contribution in [2.24, 2.45) is 5.92 Å². The summed E-state index contributed by atoms with van der Waals surface area (Å²) in [5.74, 6) is -0.554. The fraction of sp³-hybridized carbons (Fsp3) is 0.800. The van der Waals surface area contributed by atoms with Crippen LogP contribution in [-0.4, -0.2) is 55.6 Å². The zero-order valence-corrected chi connectivity index (χ0v) is 13.1. The average molecular weight is 311 g/mol. The lowest BCUT2D eigenvalue weighted by atomic mass is 9.97. The molecule has 1 aliphatic carbocycles. The van der Waals surface area contributed by atoms with Gasteiger partial charge in [0.1, 0.15) is 0 Å². The largest absolute Gasteiger partial charge is 0.469 e. The maximum Gasteiger partial charge on any atom is 0.321 e. The van der Waals surface area contributed by atoms with Gasteiger partial charge in [-0.2, -0.15) is 0 Å². The number of ether oxygens (including phenoxy) is 1. The van der Waals surface area contributed by atoms with Crippen LogP contribution in [0, 0.1) is 5.92 Å². The quantitative estimate of drug-likeness (QED) is 0.744. The smallest absolute Gasteiger partial charge is 0.321 e. The highest BCUT2D eigenvalue weighted by Gasteiger charge is 2.27. The molecule has 2 rings (SSSR count). The molecule has 2 aliphatic rings. The van der Waals surface area contributed by atoms with Gasteiger partial charge in [-0.05, 0) is 38.8 Å². The molecule has 0 bridgehead atoms. The molecule has 1 aliphatic heterocycles. The summed E-state index contributed by atoms with van der Waals surface area (Å²) in [5, 5.41) is 5.20. The molecule has 7 nitrogen and oxygen atoms in total. The maximum atomic E-state index is 11.9. The molecule has 124 valence electrons. The molecule has 1 heterocycles. The van der Waals surface area contributed by atoms with Gasteiger partial charge in [0, 0.05) is 6.04 Å². The molecule has 1 saturated carbocycles. The highest BCUT2D eigenvalue weighted by Crippen LogP contribution is 2.18. The van der Waals surface area contributed by atoms with Gasteiger partial charge in [-0.1, -0.05) is 12.8 Å². The Bertz CT molecular complexity index is 413. The number of piperidine rings is 1. The average Bonchev–Trinajstić information content (AvgIpc) is 2.99. The van der Waals surface area contributed by atoms with Crippen molar-refractivity contribution in [1.29, 1.82) is 0 Å². The first-order valence-electron chi connectivity index (χ1n) is 7.99. The van der Waals surface area contributed by atoms with Gasteiger partial charge >= 0.3 is 12.0 Å². The number of carbonyl (C=O) groups is 3. The topological polar surface area (TPSA) is 87.7 Å². The summed E-state index contributed by atoms with van der Waals surface area (Å²) in [6, 6.07) is -0.204. The Kier molecular flexibility index (Phi) is 6.18. The Morgan fingerprint density at radius 3 is 2.32 bits per heavy atom. The maximum absolute atomic E-state index is 11.9. The molecule has 0 aromatic rings. The summed E-state index contributed by atoms with van der Waals surface area (Å²) < 4.78 is 4.73. The summed E-state index contributed by atoms with van der Waals surface area (Å²) in [6.07, 6.45) is 5.62. The van der Waals surface area contributed by atoms with Crippen LogP contribution in [0.4, 0.5) is 4.79 Å². The standard InChI is InChI=1S/C15H25N3O4/c1-22-14(20)11-6-8-18(9-7-11)10-13(19)17-15(21)16-12-4-2-3-5-12/h11-12H,2-10H2,1H3,(H2,16,17,19,21). The van der Waals surface area contributed by atoms with Crippen LogP contribution in [0.25, 0.3) is 0 Å². The molecular formula is C15H25N3O4. The van der Waals surface area contributed by atoms with E-state index in [-0.39, 0.29) is 30.4 Å². The monoisotopic (exact) mass is 311 g/mol. The predicted molar refractivity (Wildman–Crippen MR) is 80.1 cm³/mol. The van der Waals surface area contributed by atoms with Crippen molar-refractivity contribution < 1.29 is 19.1 Å². The minimum absolute atomic E-state index is 0.0741. The van der Waals surface area contributed by atoms with E-state index < -0.39 is 6.03 Å². The zero-order valence-electron chi connectivity index (χ0n) is 13.1. The molecule has 0 radical (unpaired) electrons. The van der Waals surface area contributed by atoms with Crippen LogP contribution in [-0.2, 0) is 14.3 Å². The van der Waals surface area contributed by atoms with E-state index in [0.29, 0.717) is 25.9 Å². The molecule has 0 spiro atoms. The van der Waals surface area contributed by atoms with Crippen LogP contribution in [0.1, 0.15) is 38.5 Å². The van der Waals surface area contributed by atoms with E-state index in [4.69, 9.17) is 4.74 Å². The summed E-state index contributed by atoms with van der Waals surface area (Å²) in [5.41, 5.74) is 0. The highest BCUT2D eigenvalue weighted by molar-refractivity contribution is 5.95. The van der Waals surface area contributed by atoms with Crippen molar-refractivity contribution in [3.8, 4) is 0 Å². The van der Waals surface area contributed by atoms with Crippen LogP contribution < -0.4 is 10.6 Å². The number of nitrogens with zero attached hydrogens (tertiary/aromatic N) is 1. The van der Waals surface area contributed by atoms with Crippen LogP contribution in [0.15, 0.2) is 0 Å². The van der Waals surface area contributed by atoms with Gasteiger partial charge < -0.3 is 10.1 Å². The van der Waals surface area contributed by atoms with Gasteiger partial charge in [-0.15, -0.1) is 0 Å². The molecule has 0 atom stereocenters. The lowest BCUT2D eigenvalue weighted by molar-refractivity contribution is -0.147. The van der Waals surface area contributed by atoms with E-state index >= 15 is 0 Å². The Labute approximate surface area is 130 Å². The number of hydrogen-bond acceptors (Lipinski definition) is 5.